The first-order valence-electron chi connectivity index (χ1n) is 5.81. The van der Waals surface area contributed by atoms with Crippen molar-refractivity contribution in [1.29, 1.82) is 0 Å². The summed E-state index contributed by atoms with van der Waals surface area (Å²) in [5.41, 5.74) is 2.04. The molecule has 0 aliphatic heterocycles. The van der Waals surface area contributed by atoms with Gasteiger partial charge in [0.1, 0.15) is 5.75 Å². The third kappa shape index (κ3) is 3.81. The van der Waals surface area contributed by atoms with Gasteiger partial charge >= 0.3 is 0 Å². The molecule has 5 heteroatoms. The van der Waals surface area contributed by atoms with Crippen LogP contribution < -0.4 is 10.1 Å². The number of ether oxygens (including phenoxy) is 1. The number of halogens is 1. The summed E-state index contributed by atoms with van der Waals surface area (Å²) in [7, 11) is 1.59. The summed E-state index contributed by atoms with van der Waals surface area (Å²) < 4.78 is 5.06. The first-order chi connectivity index (χ1) is 9.22. The van der Waals surface area contributed by atoms with Gasteiger partial charge < -0.3 is 10.1 Å². The van der Waals surface area contributed by atoms with E-state index in [9.17, 15) is 4.79 Å². The molecule has 19 heavy (non-hydrogen) atoms. The Hall–Kier alpha value is -1.33. The number of hydrogen-bond donors (Lipinski definition) is 1. The number of alkyl halides is 1. The van der Waals surface area contributed by atoms with Gasteiger partial charge in [-0.2, -0.15) is 0 Å². The topological polar surface area (TPSA) is 38.3 Å². The van der Waals surface area contributed by atoms with Crippen molar-refractivity contribution in [3.63, 3.8) is 0 Å². The number of hydrogen-bond acceptors (Lipinski definition) is 3. The van der Waals surface area contributed by atoms with Crippen molar-refractivity contribution in [1.82, 2.24) is 0 Å². The van der Waals surface area contributed by atoms with Gasteiger partial charge in [0.2, 0.25) is 0 Å². The van der Waals surface area contributed by atoms with Crippen molar-refractivity contribution in [3.8, 4) is 5.75 Å². The van der Waals surface area contributed by atoms with Gasteiger partial charge in [-0.1, -0.05) is 28.1 Å². The second kappa shape index (κ2) is 6.73. The Morgan fingerprint density at radius 1 is 1.37 bits per heavy atom. The van der Waals surface area contributed by atoms with Gasteiger partial charge in [-0.3, -0.25) is 4.79 Å². The van der Waals surface area contributed by atoms with E-state index in [1.54, 1.807) is 13.2 Å². The minimum Gasteiger partial charge on any atom is -0.496 e. The predicted molar refractivity (Wildman–Crippen MR) is 82.8 cm³/mol. The number of rotatable bonds is 5. The number of carbonyl (C=O) groups is 1. The molecule has 3 nitrogen and oxygen atoms in total. The summed E-state index contributed by atoms with van der Waals surface area (Å²) in [6.45, 7) is 0. The van der Waals surface area contributed by atoms with Gasteiger partial charge in [-0.25, -0.2) is 0 Å². The molecule has 0 unspecified atom stereocenters. The monoisotopic (exact) mass is 339 g/mol. The van der Waals surface area contributed by atoms with Crippen LogP contribution in [0.5, 0.6) is 5.75 Å². The maximum atomic E-state index is 12.0. The van der Waals surface area contributed by atoms with Crippen LogP contribution in [0, 0.1) is 0 Å². The number of benzene rings is 1. The summed E-state index contributed by atoms with van der Waals surface area (Å²) in [6.07, 6.45) is 0.982. The number of aryl methyl sites for hydroxylation is 1. The minimum atomic E-state index is -0.110. The molecule has 100 valence electrons. The summed E-state index contributed by atoms with van der Waals surface area (Å²) in [4.78, 5) is 12.6. The molecule has 2 aromatic rings. The first kappa shape index (κ1) is 14.1. The van der Waals surface area contributed by atoms with Crippen LogP contribution in [0.15, 0.2) is 35.7 Å². The second-order valence-corrected chi connectivity index (χ2v) is 5.65. The average molecular weight is 340 g/mol. The normalized spacial score (nSPS) is 10.2. The lowest BCUT2D eigenvalue weighted by Gasteiger charge is -2.04. The molecule has 0 saturated heterocycles. The Morgan fingerprint density at radius 3 is 2.68 bits per heavy atom. The van der Waals surface area contributed by atoms with Crippen molar-refractivity contribution in [2.24, 2.45) is 0 Å². The van der Waals surface area contributed by atoms with E-state index in [2.05, 4.69) is 21.2 Å². The van der Waals surface area contributed by atoms with E-state index in [4.69, 9.17) is 4.74 Å². The maximum Gasteiger partial charge on any atom is 0.265 e. The Bertz CT molecular complexity index is 551. The van der Waals surface area contributed by atoms with Crippen LogP contribution in [-0.4, -0.2) is 18.3 Å². The molecule has 0 saturated carbocycles. The smallest absolute Gasteiger partial charge is 0.265 e. The number of nitrogens with one attached hydrogen (secondary N) is 1. The summed E-state index contributed by atoms with van der Waals surface area (Å²) >= 11 is 4.77. The molecule has 1 aromatic heterocycles. The predicted octanol–water partition coefficient (Wildman–Crippen LogP) is 3.95. The molecule has 0 spiro atoms. The van der Waals surface area contributed by atoms with Crippen LogP contribution in [0.1, 0.15) is 15.2 Å². The highest BCUT2D eigenvalue weighted by Crippen LogP contribution is 2.22. The molecule has 0 radical (unpaired) electrons. The van der Waals surface area contributed by atoms with Gasteiger partial charge in [0.05, 0.1) is 12.0 Å². The van der Waals surface area contributed by atoms with Crippen molar-refractivity contribution < 1.29 is 9.53 Å². The van der Waals surface area contributed by atoms with Gasteiger partial charge in [-0.15, -0.1) is 11.3 Å². The number of anilines is 1. The highest BCUT2D eigenvalue weighted by molar-refractivity contribution is 9.09. The quantitative estimate of drug-likeness (QED) is 0.837. The van der Waals surface area contributed by atoms with Crippen LogP contribution in [0.4, 0.5) is 5.69 Å². The summed E-state index contributed by atoms with van der Waals surface area (Å²) in [5, 5.41) is 5.62. The van der Waals surface area contributed by atoms with Gasteiger partial charge in [0.25, 0.3) is 5.91 Å². The molecule has 0 bridgehead atoms. The fourth-order valence-electron chi connectivity index (χ4n) is 1.60. The van der Waals surface area contributed by atoms with Gasteiger partial charge in [0.15, 0.2) is 0 Å². The molecule has 2 rings (SSSR count). The zero-order valence-electron chi connectivity index (χ0n) is 10.5. The molecule has 1 N–H and O–H groups in total. The molecule has 1 amide bonds. The molecule has 1 aromatic carbocycles. The highest BCUT2D eigenvalue weighted by atomic mass is 79.9. The Labute approximate surface area is 124 Å². The number of methoxy groups -OCH3 is 1. The SMILES string of the molecule is COc1csc(C(=O)Nc2ccc(CCBr)cc2)c1. The van der Waals surface area contributed by atoms with Crippen LogP contribution in [0.2, 0.25) is 0 Å². The lowest BCUT2D eigenvalue weighted by molar-refractivity contribution is 0.103. The van der Waals surface area contributed by atoms with Crippen LogP contribution in [0.25, 0.3) is 0 Å². The third-order valence-electron chi connectivity index (χ3n) is 2.63. The Kier molecular flexibility index (Phi) is 4.99. The summed E-state index contributed by atoms with van der Waals surface area (Å²) in [6, 6.07) is 9.61. The molecule has 1 heterocycles. The molecule has 0 aliphatic rings. The molecule has 0 fully saturated rings. The van der Waals surface area contributed by atoms with Gasteiger partial charge in [-0.05, 0) is 24.1 Å². The minimum absolute atomic E-state index is 0.110. The van der Waals surface area contributed by atoms with E-state index < -0.39 is 0 Å². The van der Waals surface area contributed by atoms with Crippen LogP contribution in [0.3, 0.4) is 0 Å². The number of thiophene rings is 1. The van der Waals surface area contributed by atoms with E-state index in [0.29, 0.717) is 10.6 Å². The van der Waals surface area contributed by atoms with Crippen molar-refractivity contribution in [2.75, 3.05) is 17.8 Å². The summed E-state index contributed by atoms with van der Waals surface area (Å²) in [5.74, 6) is 0.601. The van der Waals surface area contributed by atoms with Crippen LogP contribution in [-0.2, 0) is 6.42 Å². The largest absolute Gasteiger partial charge is 0.496 e. The second-order valence-electron chi connectivity index (χ2n) is 3.94. The zero-order chi connectivity index (χ0) is 13.7. The van der Waals surface area contributed by atoms with Gasteiger partial charge in [0, 0.05) is 22.5 Å². The average Bonchev–Trinajstić information content (AvgIpc) is 2.90. The van der Waals surface area contributed by atoms with E-state index in [-0.39, 0.29) is 5.91 Å². The van der Waals surface area contributed by atoms with E-state index in [1.165, 1.54) is 16.9 Å². The molecular weight excluding hydrogens is 326 g/mol. The first-order valence-corrected chi connectivity index (χ1v) is 7.82. The molecule has 0 atom stereocenters. The number of carbonyl (C=O) groups excluding carboxylic acids is 1. The molecule has 0 aliphatic carbocycles. The fraction of sp³-hybridized carbons (Fsp3) is 0.214. The zero-order valence-corrected chi connectivity index (χ0v) is 12.9. The Balaban J connectivity index is 2.01. The standard InChI is InChI=1S/C14H14BrNO2S/c1-18-12-8-13(19-9-12)14(17)16-11-4-2-10(3-5-11)6-7-15/h2-5,8-9H,6-7H2,1H3,(H,16,17). The number of amides is 1. The van der Waals surface area contributed by atoms with Crippen LogP contribution >= 0.6 is 27.3 Å². The van der Waals surface area contributed by atoms with Crippen molar-refractivity contribution >= 4 is 38.9 Å². The Morgan fingerprint density at radius 2 is 2.11 bits per heavy atom. The van der Waals surface area contributed by atoms with Crippen molar-refractivity contribution in [2.45, 2.75) is 6.42 Å². The van der Waals surface area contributed by atoms with E-state index in [0.717, 1.165) is 17.4 Å². The highest BCUT2D eigenvalue weighted by Gasteiger charge is 2.09. The van der Waals surface area contributed by atoms with E-state index >= 15 is 0 Å². The lowest BCUT2D eigenvalue weighted by atomic mass is 10.1. The van der Waals surface area contributed by atoms with Crippen molar-refractivity contribution in [3.05, 3.63) is 46.2 Å². The lowest BCUT2D eigenvalue weighted by Crippen LogP contribution is -2.10. The maximum absolute atomic E-state index is 12.0. The fourth-order valence-corrected chi connectivity index (χ4v) is 2.81. The third-order valence-corrected chi connectivity index (χ3v) is 3.93. The van der Waals surface area contributed by atoms with E-state index in [1.807, 2.05) is 29.6 Å². The molecular formula is C14H14BrNO2S.